The molecule has 3 saturated heterocycles. The molecule has 1 atom stereocenters. The van der Waals surface area contributed by atoms with Crippen molar-refractivity contribution < 1.29 is 4.79 Å². The fourth-order valence-electron chi connectivity index (χ4n) is 4.19. The van der Waals surface area contributed by atoms with Crippen molar-refractivity contribution in [2.45, 2.75) is 38.5 Å². The zero-order valence-electron chi connectivity index (χ0n) is 13.5. The van der Waals surface area contributed by atoms with E-state index in [0.717, 1.165) is 31.7 Å². The number of hydrogen-bond donors (Lipinski definition) is 1. The Morgan fingerprint density at radius 1 is 1.14 bits per heavy atom. The minimum atomic E-state index is 0.446. The lowest BCUT2D eigenvalue weighted by Crippen LogP contribution is -2.47. The Bertz CT molecular complexity index is 506. The van der Waals surface area contributed by atoms with Crippen molar-refractivity contribution in [3.63, 3.8) is 0 Å². The number of nitrogens with two attached hydrogens (primary N) is 1. The van der Waals surface area contributed by atoms with E-state index in [9.17, 15) is 4.79 Å². The van der Waals surface area contributed by atoms with Gasteiger partial charge in [-0.2, -0.15) is 0 Å². The quantitative estimate of drug-likeness (QED) is 0.841. The van der Waals surface area contributed by atoms with Crippen LogP contribution >= 0.6 is 0 Å². The first-order valence-electron chi connectivity index (χ1n) is 8.77. The third-order valence-electron chi connectivity index (χ3n) is 5.49. The molecule has 22 heavy (non-hydrogen) atoms. The molecule has 0 saturated carbocycles. The van der Waals surface area contributed by atoms with Crippen LogP contribution < -0.4 is 5.73 Å². The third-order valence-corrected chi connectivity index (χ3v) is 5.49. The Morgan fingerprint density at radius 2 is 1.82 bits per heavy atom. The van der Waals surface area contributed by atoms with E-state index in [1.54, 1.807) is 0 Å². The highest BCUT2D eigenvalue weighted by molar-refractivity contribution is 5.79. The van der Waals surface area contributed by atoms with Gasteiger partial charge in [0.25, 0.3) is 0 Å². The number of fused-ring (bicyclic) bond motifs is 3. The molecule has 3 heterocycles. The third kappa shape index (κ3) is 3.76. The second-order valence-corrected chi connectivity index (χ2v) is 6.95. The monoisotopic (exact) mass is 300 g/mol. The molecule has 3 heteroatoms. The van der Waals surface area contributed by atoms with Gasteiger partial charge in [0.2, 0.25) is 0 Å². The molecule has 0 amide bonds. The van der Waals surface area contributed by atoms with Crippen LogP contribution in [0.25, 0.3) is 0 Å². The lowest BCUT2D eigenvalue weighted by atomic mass is 9.76. The summed E-state index contributed by atoms with van der Waals surface area (Å²) in [4.78, 5) is 14.9. The van der Waals surface area contributed by atoms with Crippen molar-refractivity contribution in [1.82, 2.24) is 4.90 Å². The van der Waals surface area contributed by atoms with Crippen LogP contribution in [-0.2, 0) is 17.6 Å². The Labute approximate surface area is 133 Å². The smallest absolute Gasteiger partial charge is 0.133 e. The highest BCUT2D eigenvalue weighted by Gasteiger charge is 2.34. The number of benzene rings is 1. The van der Waals surface area contributed by atoms with Crippen molar-refractivity contribution in [1.29, 1.82) is 0 Å². The normalized spacial score (nSPS) is 27.0. The van der Waals surface area contributed by atoms with Crippen LogP contribution in [0.15, 0.2) is 24.3 Å². The van der Waals surface area contributed by atoms with Crippen LogP contribution in [0.4, 0.5) is 0 Å². The highest BCUT2D eigenvalue weighted by Crippen LogP contribution is 2.34. The number of nitrogens with zero attached hydrogens (tertiary/aromatic N) is 1. The van der Waals surface area contributed by atoms with Crippen molar-refractivity contribution >= 4 is 5.78 Å². The first-order valence-corrected chi connectivity index (χ1v) is 8.77. The van der Waals surface area contributed by atoms with Crippen molar-refractivity contribution in [2.24, 2.45) is 17.6 Å². The van der Waals surface area contributed by atoms with Gasteiger partial charge in [-0.15, -0.1) is 0 Å². The molecule has 0 radical (unpaired) electrons. The minimum absolute atomic E-state index is 0.446. The summed E-state index contributed by atoms with van der Waals surface area (Å²) in [6, 6.07) is 8.41. The summed E-state index contributed by atoms with van der Waals surface area (Å²) < 4.78 is 0. The van der Waals surface area contributed by atoms with Gasteiger partial charge < -0.3 is 10.6 Å². The molecular formula is C19H28N2O. The largest absolute Gasteiger partial charge is 0.330 e. The number of hydrogen-bond acceptors (Lipinski definition) is 3. The second-order valence-electron chi connectivity index (χ2n) is 6.95. The molecule has 0 aliphatic carbocycles. The molecule has 0 spiro atoms. The van der Waals surface area contributed by atoms with E-state index < -0.39 is 0 Å². The second kappa shape index (κ2) is 7.38. The van der Waals surface area contributed by atoms with Gasteiger partial charge in [-0.3, -0.25) is 4.79 Å². The first-order chi connectivity index (χ1) is 10.8. The summed E-state index contributed by atoms with van der Waals surface area (Å²) in [6.45, 7) is 4.33. The molecular weight excluding hydrogens is 272 g/mol. The van der Waals surface area contributed by atoms with Gasteiger partial charge in [-0.1, -0.05) is 24.3 Å². The molecule has 2 N–H and O–H groups in total. The SMILES string of the molecule is NCCc1ccccc1CCC(=O)CC1CN2CCC1CC2. The molecule has 1 aromatic rings. The fourth-order valence-corrected chi connectivity index (χ4v) is 4.19. The average molecular weight is 300 g/mol. The molecule has 1 aromatic carbocycles. The topological polar surface area (TPSA) is 46.3 Å². The number of piperidine rings is 3. The maximum atomic E-state index is 12.4. The fraction of sp³-hybridized carbons (Fsp3) is 0.632. The summed E-state index contributed by atoms with van der Waals surface area (Å²) in [7, 11) is 0. The van der Waals surface area contributed by atoms with E-state index in [1.807, 2.05) is 0 Å². The van der Waals surface area contributed by atoms with Crippen molar-refractivity contribution in [3.05, 3.63) is 35.4 Å². The number of carbonyl (C=O) groups is 1. The molecule has 2 bridgehead atoms. The summed E-state index contributed by atoms with van der Waals surface area (Å²) in [6.07, 6.45) is 5.86. The maximum Gasteiger partial charge on any atom is 0.133 e. The molecule has 1 unspecified atom stereocenters. The molecule has 4 rings (SSSR count). The van der Waals surface area contributed by atoms with Crippen molar-refractivity contribution in [3.8, 4) is 0 Å². The minimum Gasteiger partial charge on any atom is -0.330 e. The Morgan fingerprint density at radius 3 is 2.41 bits per heavy atom. The van der Waals surface area contributed by atoms with Gasteiger partial charge >= 0.3 is 0 Å². The zero-order valence-corrected chi connectivity index (χ0v) is 13.5. The molecule has 3 aliphatic heterocycles. The number of rotatable bonds is 7. The maximum absolute atomic E-state index is 12.4. The molecule has 3 fully saturated rings. The zero-order chi connectivity index (χ0) is 15.4. The molecule has 0 aromatic heterocycles. The average Bonchev–Trinajstić information content (AvgIpc) is 2.55. The molecule has 120 valence electrons. The Hall–Kier alpha value is -1.19. The number of carbonyl (C=O) groups excluding carboxylic acids is 1. The molecule has 3 nitrogen and oxygen atoms in total. The lowest BCUT2D eigenvalue weighted by molar-refractivity contribution is -0.121. The standard InChI is InChI=1S/C19H28N2O/c20-10-7-16-4-2-1-3-15(16)5-6-19(22)13-18-14-21-11-8-17(18)9-12-21/h1-4,17-18H,5-14,20H2. The van der Waals surface area contributed by atoms with E-state index in [1.165, 1.54) is 37.1 Å². The summed E-state index contributed by atoms with van der Waals surface area (Å²) in [5, 5.41) is 0. The predicted octanol–water partition coefficient (Wildman–Crippen LogP) is 2.42. The van der Waals surface area contributed by atoms with E-state index >= 15 is 0 Å². The van der Waals surface area contributed by atoms with Gasteiger partial charge in [0.15, 0.2) is 0 Å². The van der Waals surface area contributed by atoms with Crippen LogP contribution in [0.1, 0.15) is 36.8 Å². The number of aryl methyl sites for hydroxylation is 1. The van der Waals surface area contributed by atoms with Gasteiger partial charge in [0.05, 0.1) is 0 Å². The Balaban J connectivity index is 1.50. The van der Waals surface area contributed by atoms with Gasteiger partial charge in [-0.25, -0.2) is 0 Å². The lowest BCUT2D eigenvalue weighted by Gasteiger charge is -2.44. The molecule has 3 aliphatic rings. The van der Waals surface area contributed by atoms with Crippen LogP contribution in [-0.4, -0.2) is 36.9 Å². The predicted molar refractivity (Wildman–Crippen MR) is 89.8 cm³/mol. The summed E-state index contributed by atoms with van der Waals surface area (Å²) >= 11 is 0. The summed E-state index contributed by atoms with van der Waals surface area (Å²) in [5.41, 5.74) is 8.28. The number of ketones is 1. The Kier molecular flexibility index (Phi) is 5.27. The van der Waals surface area contributed by atoms with E-state index in [0.29, 0.717) is 24.7 Å². The van der Waals surface area contributed by atoms with Gasteiger partial charge in [0, 0.05) is 19.4 Å². The van der Waals surface area contributed by atoms with E-state index in [-0.39, 0.29) is 0 Å². The number of Topliss-reactive ketones (excluding diaryl/α,β-unsaturated/α-hetero) is 1. The first kappa shape index (κ1) is 15.7. The van der Waals surface area contributed by atoms with E-state index in [4.69, 9.17) is 5.73 Å². The highest BCUT2D eigenvalue weighted by atomic mass is 16.1. The van der Waals surface area contributed by atoms with Gasteiger partial charge in [0.1, 0.15) is 5.78 Å². The van der Waals surface area contributed by atoms with Gasteiger partial charge in [-0.05, 0) is 68.3 Å². The van der Waals surface area contributed by atoms with E-state index in [2.05, 4.69) is 29.2 Å². The van der Waals surface area contributed by atoms with Crippen LogP contribution in [0.5, 0.6) is 0 Å². The van der Waals surface area contributed by atoms with Crippen LogP contribution in [0.2, 0.25) is 0 Å². The van der Waals surface area contributed by atoms with Crippen LogP contribution in [0, 0.1) is 11.8 Å². The van der Waals surface area contributed by atoms with Crippen molar-refractivity contribution in [2.75, 3.05) is 26.2 Å². The van der Waals surface area contributed by atoms with Crippen LogP contribution in [0.3, 0.4) is 0 Å². The summed E-state index contributed by atoms with van der Waals surface area (Å²) in [5.74, 6) is 1.87.